The minimum atomic E-state index is -4.41. The molecule has 0 saturated carbocycles. The van der Waals surface area contributed by atoms with Gasteiger partial charge < -0.3 is 14.8 Å². The van der Waals surface area contributed by atoms with Gasteiger partial charge in [-0.3, -0.25) is 9.48 Å². The lowest BCUT2D eigenvalue weighted by Gasteiger charge is -2.37. The van der Waals surface area contributed by atoms with Crippen LogP contribution >= 0.6 is 0 Å². The molecule has 0 bridgehead atoms. The van der Waals surface area contributed by atoms with E-state index in [1.807, 2.05) is 49.1 Å². The van der Waals surface area contributed by atoms with Crippen molar-refractivity contribution in [1.82, 2.24) is 24.6 Å². The molecule has 5 rings (SSSR count). The molecule has 1 aliphatic heterocycles. The van der Waals surface area contributed by atoms with Crippen molar-refractivity contribution in [1.29, 1.82) is 0 Å². The Bertz CT molecular complexity index is 1380. The summed E-state index contributed by atoms with van der Waals surface area (Å²) in [6, 6.07) is 13.1. The van der Waals surface area contributed by atoms with Crippen molar-refractivity contribution in [3.63, 3.8) is 0 Å². The molecule has 35 heavy (non-hydrogen) atoms. The predicted octanol–water partition coefficient (Wildman–Crippen LogP) is 4.41. The Morgan fingerprint density at radius 3 is 2.46 bits per heavy atom. The smallest absolute Gasteiger partial charge is 0.367 e. The molecule has 0 unspecified atom stereocenters. The molecule has 7 nitrogen and oxygen atoms in total. The fourth-order valence-corrected chi connectivity index (χ4v) is 4.52. The maximum absolute atomic E-state index is 13.1. The number of rotatable bonds is 4. The Hall–Kier alpha value is -3.82. The van der Waals surface area contributed by atoms with Crippen LogP contribution in [0.5, 0.6) is 0 Å². The molecule has 4 aromatic rings. The number of imidazole rings is 1. The summed E-state index contributed by atoms with van der Waals surface area (Å²) in [7, 11) is 0. The average Bonchev–Trinajstić information content (AvgIpc) is 3.40. The van der Waals surface area contributed by atoms with Gasteiger partial charge in [-0.1, -0.05) is 12.1 Å². The minimum absolute atomic E-state index is 0.0295. The van der Waals surface area contributed by atoms with Crippen molar-refractivity contribution >= 4 is 22.6 Å². The summed E-state index contributed by atoms with van der Waals surface area (Å²) >= 11 is 0. The van der Waals surface area contributed by atoms with Crippen LogP contribution < -0.4 is 4.90 Å². The number of amides is 1. The SMILES string of the molecule is Cc1cc(C)n(CC(=O)N2CCN(c3ccccc3-c3nc4ccc(C(F)(F)F)cc4[nH]3)CC2)n1. The molecule has 1 fully saturated rings. The van der Waals surface area contributed by atoms with Crippen LogP contribution in [0.1, 0.15) is 17.0 Å². The summed E-state index contributed by atoms with van der Waals surface area (Å²) in [6.07, 6.45) is -4.41. The van der Waals surface area contributed by atoms with Gasteiger partial charge in [-0.05, 0) is 50.2 Å². The van der Waals surface area contributed by atoms with Crippen molar-refractivity contribution in [2.75, 3.05) is 31.1 Å². The molecule has 0 aliphatic carbocycles. The first-order chi connectivity index (χ1) is 16.7. The van der Waals surface area contributed by atoms with E-state index in [1.54, 1.807) is 4.68 Å². The van der Waals surface area contributed by atoms with Gasteiger partial charge in [0.25, 0.3) is 0 Å². The van der Waals surface area contributed by atoms with E-state index in [0.29, 0.717) is 43.0 Å². The number of nitrogens with zero attached hydrogens (tertiary/aromatic N) is 5. The number of hydrogen-bond acceptors (Lipinski definition) is 4. The van der Waals surface area contributed by atoms with Gasteiger partial charge in [0, 0.05) is 43.1 Å². The third kappa shape index (κ3) is 4.60. The van der Waals surface area contributed by atoms with Crippen LogP contribution in [0, 0.1) is 13.8 Å². The maximum atomic E-state index is 13.1. The molecule has 1 amide bonds. The van der Waals surface area contributed by atoms with Crippen molar-refractivity contribution in [3.8, 4) is 11.4 Å². The number of aromatic amines is 1. The molecule has 3 heterocycles. The van der Waals surface area contributed by atoms with E-state index in [2.05, 4.69) is 20.0 Å². The first-order valence-corrected chi connectivity index (χ1v) is 11.4. The average molecular weight is 483 g/mol. The van der Waals surface area contributed by atoms with Crippen LogP contribution in [0.15, 0.2) is 48.5 Å². The number of piperazine rings is 1. The summed E-state index contributed by atoms with van der Waals surface area (Å²) in [4.78, 5) is 24.4. The van der Waals surface area contributed by atoms with Crippen LogP contribution in [0.4, 0.5) is 18.9 Å². The van der Waals surface area contributed by atoms with Crippen molar-refractivity contribution in [3.05, 3.63) is 65.5 Å². The Morgan fingerprint density at radius 1 is 1.03 bits per heavy atom. The van der Waals surface area contributed by atoms with Crippen molar-refractivity contribution in [2.24, 2.45) is 0 Å². The number of aromatic nitrogens is 4. The highest BCUT2D eigenvalue weighted by atomic mass is 19.4. The van der Waals surface area contributed by atoms with Gasteiger partial charge in [0.15, 0.2) is 0 Å². The molecule has 2 aromatic carbocycles. The Balaban J connectivity index is 1.33. The number of alkyl halides is 3. The number of carbonyl (C=O) groups excluding carboxylic acids is 1. The lowest BCUT2D eigenvalue weighted by atomic mass is 10.1. The highest BCUT2D eigenvalue weighted by Gasteiger charge is 2.31. The van der Waals surface area contributed by atoms with Gasteiger partial charge >= 0.3 is 6.18 Å². The lowest BCUT2D eigenvalue weighted by molar-refractivity contribution is -0.137. The minimum Gasteiger partial charge on any atom is -0.367 e. The second kappa shape index (κ2) is 8.75. The zero-order chi connectivity index (χ0) is 24.7. The molecule has 2 aromatic heterocycles. The summed E-state index contributed by atoms with van der Waals surface area (Å²) < 4.78 is 41.1. The van der Waals surface area contributed by atoms with Crippen LogP contribution in [0.3, 0.4) is 0 Å². The van der Waals surface area contributed by atoms with E-state index in [1.165, 1.54) is 6.07 Å². The summed E-state index contributed by atoms with van der Waals surface area (Å²) in [5, 5.41) is 4.38. The van der Waals surface area contributed by atoms with Gasteiger partial charge in [-0.15, -0.1) is 0 Å². The number of para-hydroxylation sites is 1. The number of hydrogen-bond donors (Lipinski definition) is 1. The molecule has 0 atom stereocenters. The number of benzene rings is 2. The largest absolute Gasteiger partial charge is 0.416 e. The van der Waals surface area contributed by atoms with Crippen molar-refractivity contribution in [2.45, 2.75) is 26.6 Å². The number of fused-ring (bicyclic) bond motifs is 1. The van der Waals surface area contributed by atoms with Gasteiger partial charge in [0.1, 0.15) is 12.4 Å². The number of anilines is 1. The van der Waals surface area contributed by atoms with Crippen molar-refractivity contribution < 1.29 is 18.0 Å². The summed E-state index contributed by atoms with van der Waals surface area (Å²) in [5.41, 5.74) is 3.67. The lowest BCUT2D eigenvalue weighted by Crippen LogP contribution is -2.49. The fraction of sp³-hybridized carbons (Fsp3) is 0.320. The van der Waals surface area contributed by atoms with Gasteiger partial charge in [-0.25, -0.2) is 4.98 Å². The van der Waals surface area contributed by atoms with E-state index in [-0.39, 0.29) is 12.5 Å². The summed E-state index contributed by atoms with van der Waals surface area (Å²) in [6.45, 7) is 6.47. The first-order valence-electron chi connectivity index (χ1n) is 11.4. The van der Waals surface area contributed by atoms with Crippen LogP contribution in [-0.2, 0) is 17.5 Å². The Kier molecular flexibility index (Phi) is 5.74. The molecule has 0 spiro atoms. The van der Waals surface area contributed by atoms with Gasteiger partial charge in [-0.2, -0.15) is 18.3 Å². The number of carbonyl (C=O) groups is 1. The number of halogens is 3. The first kappa shape index (κ1) is 22.9. The molecule has 1 saturated heterocycles. The number of aryl methyl sites for hydroxylation is 2. The second-order valence-electron chi connectivity index (χ2n) is 8.78. The highest BCUT2D eigenvalue weighted by molar-refractivity contribution is 5.84. The Labute approximate surface area is 200 Å². The third-order valence-electron chi connectivity index (χ3n) is 6.33. The normalized spacial score (nSPS) is 14.7. The number of H-pyrrole nitrogens is 1. The highest BCUT2D eigenvalue weighted by Crippen LogP contribution is 2.34. The van der Waals surface area contributed by atoms with Gasteiger partial charge in [0.05, 0.1) is 22.3 Å². The Morgan fingerprint density at radius 2 is 1.77 bits per heavy atom. The molecule has 1 aliphatic rings. The van der Waals surface area contributed by atoms with E-state index in [9.17, 15) is 18.0 Å². The predicted molar refractivity (Wildman–Crippen MR) is 127 cm³/mol. The maximum Gasteiger partial charge on any atom is 0.416 e. The molecular formula is C25H25F3N6O. The second-order valence-corrected chi connectivity index (χ2v) is 8.78. The van der Waals surface area contributed by atoms with Crippen LogP contribution in [0.2, 0.25) is 0 Å². The summed E-state index contributed by atoms with van der Waals surface area (Å²) in [5.74, 6) is 0.542. The van der Waals surface area contributed by atoms with Crippen LogP contribution in [-0.4, -0.2) is 56.7 Å². The standard InChI is InChI=1S/C25H25F3N6O/c1-16-13-17(2)34(31-16)15-23(35)33-11-9-32(10-12-33)22-6-4-3-5-19(22)24-29-20-8-7-18(25(26,27)28)14-21(20)30-24/h3-8,13-14H,9-12,15H2,1-2H3,(H,29,30). The third-order valence-corrected chi connectivity index (χ3v) is 6.33. The zero-order valence-electron chi connectivity index (χ0n) is 19.4. The zero-order valence-corrected chi connectivity index (χ0v) is 19.4. The number of nitrogens with one attached hydrogen (secondary N) is 1. The van der Waals surface area contributed by atoms with E-state index >= 15 is 0 Å². The van der Waals surface area contributed by atoms with Crippen LogP contribution in [0.25, 0.3) is 22.4 Å². The molecule has 0 radical (unpaired) electrons. The van der Waals surface area contributed by atoms with E-state index < -0.39 is 11.7 Å². The fourth-order valence-electron chi connectivity index (χ4n) is 4.52. The molecule has 10 heteroatoms. The monoisotopic (exact) mass is 482 g/mol. The molecule has 1 N–H and O–H groups in total. The quantitative estimate of drug-likeness (QED) is 0.468. The topological polar surface area (TPSA) is 70.1 Å². The van der Waals surface area contributed by atoms with Gasteiger partial charge in [0.2, 0.25) is 5.91 Å². The molecule has 182 valence electrons. The molecular weight excluding hydrogens is 457 g/mol. The van der Waals surface area contributed by atoms with E-state index in [4.69, 9.17) is 0 Å². The van der Waals surface area contributed by atoms with E-state index in [0.717, 1.165) is 34.8 Å².